The van der Waals surface area contributed by atoms with Crippen LogP contribution in [0.1, 0.15) is 24.1 Å². The molecule has 0 saturated carbocycles. The number of carbonyl (C=O) groups excluding carboxylic acids is 1. The summed E-state index contributed by atoms with van der Waals surface area (Å²) in [6, 6.07) is 7.03. The molecule has 8 nitrogen and oxygen atoms in total. The molecule has 0 N–H and O–H groups in total. The van der Waals surface area contributed by atoms with Crippen LogP contribution in [-0.2, 0) is 18.3 Å². The largest absolute Gasteiger partial charge is 0.493 e. The Bertz CT molecular complexity index is 1000. The van der Waals surface area contributed by atoms with Crippen molar-refractivity contribution in [3.8, 4) is 23.0 Å². The maximum Gasteiger partial charge on any atom is 0.254 e. The molecular weight excluding hydrogens is 400 g/mol. The summed E-state index contributed by atoms with van der Waals surface area (Å²) >= 11 is 0. The van der Waals surface area contributed by atoms with Crippen molar-refractivity contribution in [3.63, 3.8) is 0 Å². The van der Waals surface area contributed by atoms with Crippen molar-refractivity contribution < 1.29 is 23.7 Å². The quantitative estimate of drug-likeness (QED) is 0.640. The average Bonchev–Trinajstić information content (AvgIpc) is 3.23. The van der Waals surface area contributed by atoms with Crippen molar-refractivity contribution in [3.05, 3.63) is 45.9 Å². The van der Waals surface area contributed by atoms with Crippen molar-refractivity contribution in [2.24, 2.45) is 7.05 Å². The smallest absolute Gasteiger partial charge is 0.254 e. The van der Waals surface area contributed by atoms with E-state index in [-0.39, 0.29) is 17.6 Å². The van der Waals surface area contributed by atoms with Crippen LogP contribution in [0.3, 0.4) is 0 Å². The summed E-state index contributed by atoms with van der Waals surface area (Å²) in [6.07, 6.45) is 1.49. The van der Waals surface area contributed by atoms with Crippen molar-refractivity contribution >= 4 is 5.91 Å². The van der Waals surface area contributed by atoms with Crippen LogP contribution in [0, 0.1) is 6.92 Å². The Labute approximate surface area is 182 Å². The highest BCUT2D eigenvalue weighted by molar-refractivity contribution is 5.77. The lowest BCUT2D eigenvalue weighted by Gasteiger charge is -2.19. The van der Waals surface area contributed by atoms with Gasteiger partial charge in [-0.2, -0.15) is 0 Å². The molecule has 2 aromatic rings. The van der Waals surface area contributed by atoms with E-state index in [1.165, 1.54) is 6.07 Å². The summed E-state index contributed by atoms with van der Waals surface area (Å²) in [5.74, 6) is 2.30. The second-order valence-electron chi connectivity index (χ2n) is 7.59. The second-order valence-corrected chi connectivity index (χ2v) is 7.59. The van der Waals surface area contributed by atoms with Gasteiger partial charge in [0.25, 0.3) is 5.56 Å². The molecule has 1 aromatic carbocycles. The molecule has 1 atom stereocenters. The normalized spacial score (nSPS) is 15.6. The molecule has 1 aliphatic rings. The summed E-state index contributed by atoms with van der Waals surface area (Å²) in [5, 5.41) is 0. The number of benzene rings is 1. The van der Waals surface area contributed by atoms with E-state index in [0.717, 1.165) is 17.7 Å². The zero-order valence-corrected chi connectivity index (χ0v) is 18.8. The fraction of sp³-hybridized carbons (Fsp3) is 0.478. The molecule has 2 heterocycles. The molecule has 0 spiro atoms. The van der Waals surface area contributed by atoms with E-state index in [0.29, 0.717) is 48.9 Å². The van der Waals surface area contributed by atoms with Crippen LogP contribution in [0.2, 0.25) is 0 Å². The Morgan fingerprint density at radius 3 is 2.48 bits per heavy atom. The number of aryl methyl sites for hydroxylation is 2. The first-order chi connectivity index (χ1) is 14.9. The van der Waals surface area contributed by atoms with Crippen LogP contribution in [0.15, 0.2) is 29.1 Å². The highest BCUT2D eigenvalue weighted by Crippen LogP contribution is 2.40. The molecule has 1 saturated heterocycles. The molecule has 31 heavy (non-hydrogen) atoms. The van der Waals surface area contributed by atoms with E-state index >= 15 is 0 Å². The van der Waals surface area contributed by atoms with Gasteiger partial charge in [-0.3, -0.25) is 9.59 Å². The molecule has 0 bridgehead atoms. The number of likely N-dealkylation sites (tertiary alicyclic amines) is 1. The van der Waals surface area contributed by atoms with Crippen LogP contribution in [0.5, 0.6) is 23.0 Å². The fourth-order valence-corrected chi connectivity index (χ4v) is 3.81. The number of ether oxygens (including phenoxy) is 4. The first kappa shape index (κ1) is 22.5. The van der Waals surface area contributed by atoms with Crippen molar-refractivity contribution in [1.29, 1.82) is 0 Å². The lowest BCUT2D eigenvalue weighted by atomic mass is 10.1. The number of aromatic nitrogens is 1. The van der Waals surface area contributed by atoms with Gasteiger partial charge >= 0.3 is 0 Å². The molecule has 1 aliphatic heterocycles. The van der Waals surface area contributed by atoms with Crippen LogP contribution >= 0.6 is 0 Å². The third-order valence-electron chi connectivity index (χ3n) is 5.67. The van der Waals surface area contributed by atoms with E-state index in [2.05, 4.69) is 0 Å². The molecule has 1 amide bonds. The Hall–Kier alpha value is -3.16. The number of amides is 1. The van der Waals surface area contributed by atoms with Gasteiger partial charge in [0.05, 0.1) is 27.9 Å². The van der Waals surface area contributed by atoms with Crippen molar-refractivity contribution in [1.82, 2.24) is 9.47 Å². The average molecular weight is 431 g/mol. The van der Waals surface area contributed by atoms with Crippen molar-refractivity contribution in [2.75, 3.05) is 34.4 Å². The Morgan fingerprint density at radius 1 is 1.10 bits per heavy atom. The van der Waals surface area contributed by atoms with Gasteiger partial charge in [0.1, 0.15) is 11.9 Å². The van der Waals surface area contributed by atoms with Gasteiger partial charge in [-0.05, 0) is 31.0 Å². The van der Waals surface area contributed by atoms with Crippen LogP contribution < -0.4 is 24.5 Å². The monoisotopic (exact) mass is 430 g/mol. The molecule has 0 radical (unpaired) electrons. The van der Waals surface area contributed by atoms with Crippen LogP contribution in [-0.4, -0.2) is 55.9 Å². The minimum atomic E-state index is -0.119. The maximum atomic E-state index is 12.8. The SMILES string of the molecule is COc1ccc(CCC(=O)N2CCC(Oc3cc(C)n(C)c(=O)c3)C2)c(OC)c1OC. The van der Waals surface area contributed by atoms with E-state index in [4.69, 9.17) is 18.9 Å². The predicted octanol–water partition coefficient (Wildman–Crippen LogP) is 2.33. The summed E-state index contributed by atoms with van der Waals surface area (Å²) in [4.78, 5) is 26.5. The van der Waals surface area contributed by atoms with Gasteiger partial charge in [-0.25, -0.2) is 0 Å². The molecule has 3 rings (SSSR count). The van der Waals surface area contributed by atoms with E-state index in [1.807, 2.05) is 30.0 Å². The first-order valence-electron chi connectivity index (χ1n) is 10.3. The van der Waals surface area contributed by atoms with E-state index in [1.54, 1.807) is 32.9 Å². The Morgan fingerprint density at radius 2 is 1.84 bits per heavy atom. The summed E-state index contributed by atoms with van der Waals surface area (Å²) < 4.78 is 23.8. The number of pyridine rings is 1. The molecule has 1 fully saturated rings. The van der Waals surface area contributed by atoms with Crippen LogP contribution in [0.4, 0.5) is 0 Å². The minimum absolute atomic E-state index is 0.0584. The molecule has 0 aliphatic carbocycles. The van der Waals surface area contributed by atoms with Gasteiger partial charge in [0.15, 0.2) is 11.5 Å². The maximum absolute atomic E-state index is 12.8. The summed E-state index contributed by atoms with van der Waals surface area (Å²) in [7, 11) is 6.43. The zero-order valence-electron chi connectivity index (χ0n) is 18.8. The molecule has 8 heteroatoms. The second kappa shape index (κ2) is 9.76. The number of hydrogen-bond acceptors (Lipinski definition) is 6. The van der Waals surface area contributed by atoms with Gasteiger partial charge in [0, 0.05) is 38.2 Å². The molecule has 168 valence electrons. The third-order valence-corrected chi connectivity index (χ3v) is 5.67. The predicted molar refractivity (Wildman–Crippen MR) is 116 cm³/mol. The number of methoxy groups -OCH3 is 3. The molecule has 1 aromatic heterocycles. The van der Waals surface area contributed by atoms with Gasteiger partial charge < -0.3 is 28.4 Å². The third kappa shape index (κ3) is 4.95. The highest BCUT2D eigenvalue weighted by atomic mass is 16.5. The fourth-order valence-electron chi connectivity index (χ4n) is 3.81. The first-order valence-corrected chi connectivity index (χ1v) is 10.3. The Kier molecular flexibility index (Phi) is 7.09. The van der Waals surface area contributed by atoms with Crippen molar-refractivity contribution in [2.45, 2.75) is 32.3 Å². The van der Waals surface area contributed by atoms with E-state index in [9.17, 15) is 9.59 Å². The molecule has 1 unspecified atom stereocenters. The van der Waals surface area contributed by atoms with E-state index < -0.39 is 0 Å². The van der Waals surface area contributed by atoms with Crippen LogP contribution in [0.25, 0.3) is 0 Å². The summed E-state index contributed by atoms with van der Waals surface area (Å²) in [5.41, 5.74) is 1.61. The lowest BCUT2D eigenvalue weighted by Crippen LogP contribution is -2.31. The number of rotatable bonds is 8. The highest BCUT2D eigenvalue weighted by Gasteiger charge is 2.28. The Balaban J connectivity index is 1.60. The number of hydrogen-bond donors (Lipinski definition) is 0. The summed E-state index contributed by atoms with van der Waals surface area (Å²) in [6.45, 7) is 3.01. The number of carbonyl (C=O) groups is 1. The number of nitrogens with zero attached hydrogens (tertiary/aromatic N) is 2. The standard InChI is InChI=1S/C23H30N2O6/c1-15-12-18(13-21(27)24(15)2)31-17-10-11-25(14-17)20(26)9-7-16-6-8-19(28-3)23(30-5)22(16)29-4/h6,8,12-13,17H,7,9-11,14H2,1-5H3. The minimum Gasteiger partial charge on any atom is -0.493 e. The van der Waals surface area contributed by atoms with Gasteiger partial charge in [-0.1, -0.05) is 6.07 Å². The molecular formula is C23H30N2O6. The topological polar surface area (TPSA) is 79.2 Å². The lowest BCUT2D eigenvalue weighted by molar-refractivity contribution is -0.130. The van der Waals surface area contributed by atoms with Gasteiger partial charge in [-0.15, -0.1) is 0 Å². The zero-order chi connectivity index (χ0) is 22.5. The van der Waals surface area contributed by atoms with Gasteiger partial charge in [0.2, 0.25) is 11.7 Å².